The first kappa shape index (κ1) is 17.1. The SMILES string of the molecule is Brc1ccc(CN2c3ccccc3C3CC2Oc2ccc4ccccc4c23)cc1. The van der Waals surface area contributed by atoms with E-state index in [1.165, 1.54) is 33.2 Å². The molecule has 0 saturated heterocycles. The molecule has 4 aromatic rings. The van der Waals surface area contributed by atoms with Gasteiger partial charge in [-0.3, -0.25) is 0 Å². The molecular weight excluding hydrogens is 422 g/mol. The van der Waals surface area contributed by atoms with E-state index in [-0.39, 0.29) is 6.23 Å². The molecule has 2 nitrogen and oxygen atoms in total. The van der Waals surface area contributed by atoms with Gasteiger partial charge in [0.2, 0.25) is 0 Å². The zero-order chi connectivity index (χ0) is 19.4. The highest BCUT2D eigenvalue weighted by atomic mass is 79.9. The monoisotopic (exact) mass is 441 g/mol. The Hall–Kier alpha value is -2.78. The fourth-order valence-corrected chi connectivity index (χ4v) is 5.16. The topological polar surface area (TPSA) is 12.5 Å². The minimum Gasteiger partial charge on any atom is -0.470 e. The summed E-state index contributed by atoms with van der Waals surface area (Å²) in [7, 11) is 0. The van der Waals surface area contributed by atoms with E-state index in [9.17, 15) is 0 Å². The van der Waals surface area contributed by atoms with Crippen LogP contribution in [0, 0.1) is 0 Å². The molecule has 2 heterocycles. The Labute approximate surface area is 178 Å². The largest absolute Gasteiger partial charge is 0.470 e. The zero-order valence-corrected chi connectivity index (χ0v) is 17.5. The van der Waals surface area contributed by atoms with Crippen LogP contribution in [0.4, 0.5) is 5.69 Å². The molecule has 3 heteroatoms. The van der Waals surface area contributed by atoms with Gasteiger partial charge in [0.25, 0.3) is 0 Å². The zero-order valence-electron chi connectivity index (χ0n) is 15.9. The third-order valence-electron chi connectivity index (χ3n) is 6.21. The summed E-state index contributed by atoms with van der Waals surface area (Å²) >= 11 is 3.54. The minimum absolute atomic E-state index is 0.0483. The lowest BCUT2D eigenvalue weighted by Crippen LogP contribution is -2.46. The molecule has 4 aromatic carbocycles. The van der Waals surface area contributed by atoms with Gasteiger partial charge in [-0.1, -0.05) is 76.6 Å². The van der Waals surface area contributed by atoms with Crippen LogP contribution in [0.3, 0.4) is 0 Å². The van der Waals surface area contributed by atoms with Crippen molar-refractivity contribution in [2.75, 3.05) is 4.90 Å². The molecule has 0 spiro atoms. The number of benzene rings is 4. The Balaban J connectivity index is 1.49. The van der Waals surface area contributed by atoms with Crippen molar-refractivity contribution in [2.24, 2.45) is 0 Å². The van der Waals surface area contributed by atoms with E-state index in [4.69, 9.17) is 4.74 Å². The Morgan fingerprint density at radius 2 is 1.66 bits per heavy atom. The molecule has 2 unspecified atom stereocenters. The van der Waals surface area contributed by atoms with Gasteiger partial charge in [-0.2, -0.15) is 0 Å². The second kappa shape index (κ2) is 6.64. The average Bonchev–Trinajstić information content (AvgIpc) is 2.77. The maximum atomic E-state index is 6.59. The van der Waals surface area contributed by atoms with Crippen molar-refractivity contribution in [3.05, 3.63) is 106 Å². The summed E-state index contributed by atoms with van der Waals surface area (Å²) in [4.78, 5) is 2.42. The molecule has 0 fully saturated rings. The van der Waals surface area contributed by atoms with Gasteiger partial charge < -0.3 is 9.64 Å². The van der Waals surface area contributed by atoms with Crippen molar-refractivity contribution in [2.45, 2.75) is 25.1 Å². The highest BCUT2D eigenvalue weighted by Gasteiger charge is 2.40. The average molecular weight is 442 g/mol. The molecule has 0 radical (unpaired) electrons. The van der Waals surface area contributed by atoms with Gasteiger partial charge in [-0.15, -0.1) is 0 Å². The van der Waals surface area contributed by atoms with Crippen LogP contribution in [-0.4, -0.2) is 6.23 Å². The van der Waals surface area contributed by atoms with Crippen LogP contribution in [0.15, 0.2) is 89.4 Å². The molecule has 6 rings (SSSR count). The Morgan fingerprint density at radius 3 is 2.55 bits per heavy atom. The van der Waals surface area contributed by atoms with Gasteiger partial charge in [-0.25, -0.2) is 0 Å². The van der Waals surface area contributed by atoms with Crippen molar-refractivity contribution in [3.8, 4) is 5.75 Å². The van der Waals surface area contributed by atoms with Crippen LogP contribution in [0.1, 0.15) is 29.0 Å². The van der Waals surface area contributed by atoms with E-state index in [1.54, 1.807) is 0 Å². The van der Waals surface area contributed by atoms with E-state index in [1.807, 2.05) is 0 Å². The summed E-state index contributed by atoms with van der Waals surface area (Å²) in [5.41, 5.74) is 5.32. The maximum absolute atomic E-state index is 6.59. The number of anilines is 1. The summed E-state index contributed by atoms with van der Waals surface area (Å²) in [5, 5.41) is 2.59. The first-order valence-corrected chi connectivity index (χ1v) is 10.9. The van der Waals surface area contributed by atoms with Crippen molar-refractivity contribution < 1.29 is 4.74 Å². The summed E-state index contributed by atoms with van der Waals surface area (Å²) in [5.74, 6) is 1.40. The van der Waals surface area contributed by atoms with E-state index in [0.29, 0.717) is 5.92 Å². The maximum Gasteiger partial charge on any atom is 0.173 e. The molecular formula is C26H20BrNO. The Kier molecular flexibility index (Phi) is 3.91. The predicted octanol–water partition coefficient (Wildman–Crippen LogP) is 6.86. The van der Waals surface area contributed by atoms with Crippen molar-refractivity contribution in [1.82, 2.24) is 0 Å². The molecule has 2 bridgehead atoms. The fourth-order valence-electron chi connectivity index (χ4n) is 4.90. The van der Waals surface area contributed by atoms with E-state index in [0.717, 1.165) is 23.2 Å². The molecule has 0 saturated carbocycles. The Bertz CT molecular complexity index is 1220. The highest BCUT2D eigenvalue weighted by molar-refractivity contribution is 9.10. The van der Waals surface area contributed by atoms with Crippen molar-refractivity contribution in [1.29, 1.82) is 0 Å². The highest BCUT2D eigenvalue weighted by Crippen LogP contribution is 2.51. The molecule has 2 atom stereocenters. The summed E-state index contributed by atoms with van der Waals surface area (Å²) < 4.78 is 7.70. The number of nitrogens with zero attached hydrogens (tertiary/aromatic N) is 1. The predicted molar refractivity (Wildman–Crippen MR) is 122 cm³/mol. The fraction of sp³-hybridized carbons (Fsp3) is 0.154. The number of ether oxygens (including phenoxy) is 1. The first-order chi connectivity index (χ1) is 14.3. The molecule has 2 aliphatic rings. The van der Waals surface area contributed by atoms with Crippen molar-refractivity contribution in [3.63, 3.8) is 0 Å². The Morgan fingerprint density at radius 1 is 0.862 bits per heavy atom. The molecule has 0 aromatic heterocycles. The third kappa shape index (κ3) is 2.76. The van der Waals surface area contributed by atoms with Gasteiger partial charge in [0.05, 0.1) is 0 Å². The van der Waals surface area contributed by atoms with Gasteiger partial charge in [0.15, 0.2) is 6.23 Å². The number of rotatable bonds is 2. The van der Waals surface area contributed by atoms with Crippen LogP contribution in [-0.2, 0) is 6.54 Å². The second-order valence-corrected chi connectivity index (χ2v) is 8.79. The van der Waals surface area contributed by atoms with Gasteiger partial charge in [-0.05, 0) is 46.2 Å². The van der Waals surface area contributed by atoms with Crippen LogP contribution in [0.5, 0.6) is 5.75 Å². The second-order valence-electron chi connectivity index (χ2n) is 7.87. The summed E-state index contributed by atoms with van der Waals surface area (Å²) in [6.07, 6.45) is 1.03. The lowest BCUT2D eigenvalue weighted by atomic mass is 9.79. The third-order valence-corrected chi connectivity index (χ3v) is 6.74. The van der Waals surface area contributed by atoms with E-state index in [2.05, 4.69) is 106 Å². The van der Waals surface area contributed by atoms with Crippen LogP contribution < -0.4 is 9.64 Å². The quantitative estimate of drug-likeness (QED) is 0.336. The number of halogens is 1. The number of para-hydroxylation sites is 1. The van der Waals surface area contributed by atoms with Gasteiger partial charge in [0.1, 0.15) is 5.75 Å². The van der Waals surface area contributed by atoms with Gasteiger partial charge >= 0.3 is 0 Å². The molecule has 29 heavy (non-hydrogen) atoms. The summed E-state index contributed by atoms with van der Waals surface area (Å²) in [6, 6.07) is 30.4. The lowest BCUT2D eigenvalue weighted by Gasteiger charge is -2.46. The smallest absolute Gasteiger partial charge is 0.173 e. The van der Waals surface area contributed by atoms with Gasteiger partial charge in [0, 0.05) is 34.6 Å². The van der Waals surface area contributed by atoms with Crippen molar-refractivity contribution >= 4 is 32.4 Å². The minimum atomic E-state index is 0.0483. The first-order valence-electron chi connectivity index (χ1n) is 10.1. The van der Waals surface area contributed by atoms with Crippen LogP contribution in [0.2, 0.25) is 0 Å². The molecule has 0 aliphatic carbocycles. The van der Waals surface area contributed by atoms with Crippen LogP contribution >= 0.6 is 15.9 Å². The normalized spacial score (nSPS) is 19.4. The number of hydrogen-bond acceptors (Lipinski definition) is 2. The van der Waals surface area contributed by atoms with Crippen LogP contribution in [0.25, 0.3) is 10.8 Å². The summed E-state index contributed by atoms with van der Waals surface area (Å²) in [6.45, 7) is 0.838. The number of hydrogen-bond donors (Lipinski definition) is 0. The standard InChI is InChI=1S/C26H20BrNO/c27-19-12-9-17(10-13-19)16-28-23-8-4-3-7-21(23)22-15-25(28)29-24-14-11-18-5-1-2-6-20(18)26(22)24/h1-14,22,25H,15-16H2. The molecule has 0 N–H and O–H groups in total. The molecule has 2 aliphatic heterocycles. The lowest BCUT2D eigenvalue weighted by molar-refractivity contribution is 0.151. The molecule has 142 valence electrons. The van der Waals surface area contributed by atoms with E-state index >= 15 is 0 Å². The van der Waals surface area contributed by atoms with E-state index < -0.39 is 0 Å². The molecule has 0 amide bonds. The number of fused-ring (bicyclic) bond motifs is 8.